The quantitative estimate of drug-likeness (QED) is 0.550. The van der Waals surface area contributed by atoms with Crippen LogP contribution in [0.15, 0.2) is 12.1 Å². The summed E-state index contributed by atoms with van der Waals surface area (Å²) in [5, 5.41) is 0.167. The van der Waals surface area contributed by atoms with Crippen molar-refractivity contribution in [3.63, 3.8) is 0 Å². The zero-order valence-electron chi connectivity index (χ0n) is 20.3. The summed E-state index contributed by atoms with van der Waals surface area (Å²) >= 11 is 0. The molecule has 1 aromatic rings. The van der Waals surface area contributed by atoms with Gasteiger partial charge in [-0.05, 0) is 74.9 Å². The van der Waals surface area contributed by atoms with Crippen molar-refractivity contribution in [1.82, 2.24) is 4.90 Å². The van der Waals surface area contributed by atoms with Gasteiger partial charge in [0, 0.05) is 12.7 Å². The third kappa shape index (κ3) is 5.80. The van der Waals surface area contributed by atoms with E-state index in [2.05, 4.69) is 33.9 Å². The van der Waals surface area contributed by atoms with Gasteiger partial charge in [0.05, 0.1) is 13.1 Å². The summed E-state index contributed by atoms with van der Waals surface area (Å²) in [7, 11) is -1.81. The fourth-order valence-electron chi connectivity index (χ4n) is 3.66. The third-order valence-corrected chi connectivity index (χ3v) is 11.1. The van der Waals surface area contributed by atoms with E-state index >= 15 is 0 Å². The maximum absolute atomic E-state index is 14.8. The van der Waals surface area contributed by atoms with Gasteiger partial charge in [0.25, 0.3) is 0 Å². The highest BCUT2D eigenvalue weighted by atomic mass is 28.4. The topological polar surface area (TPSA) is 48.0 Å². The molecule has 1 aliphatic heterocycles. The van der Waals surface area contributed by atoms with Crippen molar-refractivity contribution in [2.24, 2.45) is 5.92 Å². The van der Waals surface area contributed by atoms with Crippen LogP contribution < -0.4 is 4.74 Å². The summed E-state index contributed by atoms with van der Waals surface area (Å²) in [5.41, 5.74) is 1.29. The Bertz CT molecular complexity index is 822. The molecule has 1 fully saturated rings. The molecule has 0 saturated carbocycles. The number of likely N-dealkylation sites (tertiary alicyclic amines) is 1. The summed E-state index contributed by atoms with van der Waals surface area (Å²) in [6.45, 7) is 18.3. The molecule has 1 heterocycles. The van der Waals surface area contributed by atoms with Crippen LogP contribution in [0.4, 0.5) is 9.18 Å². The van der Waals surface area contributed by atoms with Gasteiger partial charge in [-0.1, -0.05) is 20.8 Å². The second-order valence-electron chi connectivity index (χ2n) is 11.5. The number of hydrogen-bond donors (Lipinski definition) is 0. The van der Waals surface area contributed by atoms with E-state index in [-0.39, 0.29) is 23.1 Å². The number of carbonyl (C=O) groups is 1. The Labute approximate surface area is 187 Å². The molecule has 174 valence electrons. The van der Waals surface area contributed by atoms with Crippen molar-refractivity contribution in [2.45, 2.75) is 84.2 Å². The minimum Gasteiger partial charge on any atom is -0.487 e. The molecular weight excluding hydrogens is 413 g/mol. The van der Waals surface area contributed by atoms with Gasteiger partial charge in [-0.2, -0.15) is 0 Å². The molecule has 0 N–H and O–H groups in total. The van der Waals surface area contributed by atoms with Crippen LogP contribution in [0.2, 0.25) is 18.1 Å². The lowest BCUT2D eigenvalue weighted by Gasteiger charge is -2.39. The lowest BCUT2D eigenvalue weighted by Crippen LogP contribution is -2.57. The van der Waals surface area contributed by atoms with Crippen molar-refractivity contribution < 1.29 is 23.1 Å². The number of rotatable bonds is 5. The molecule has 3 rings (SSSR count). The van der Waals surface area contributed by atoms with Crippen LogP contribution in [0.25, 0.3) is 0 Å². The van der Waals surface area contributed by atoms with E-state index in [1.807, 2.05) is 26.8 Å². The Balaban J connectivity index is 1.54. The Morgan fingerprint density at radius 2 is 1.77 bits per heavy atom. The van der Waals surface area contributed by atoms with E-state index in [0.717, 1.165) is 17.5 Å². The summed E-state index contributed by atoms with van der Waals surface area (Å²) < 4.78 is 32.4. The van der Waals surface area contributed by atoms with Crippen LogP contribution in [-0.2, 0) is 22.0 Å². The molecule has 1 amide bonds. The third-order valence-electron chi connectivity index (χ3n) is 6.55. The first-order valence-corrected chi connectivity index (χ1v) is 14.2. The maximum Gasteiger partial charge on any atom is 0.410 e. The Hall–Kier alpha value is -1.60. The predicted octanol–water partition coefficient (Wildman–Crippen LogP) is 5.56. The first-order chi connectivity index (χ1) is 14.1. The van der Waals surface area contributed by atoms with E-state index in [0.29, 0.717) is 37.8 Å². The second kappa shape index (κ2) is 8.39. The van der Waals surface area contributed by atoms with E-state index in [1.54, 1.807) is 4.90 Å². The molecule has 1 unspecified atom stereocenters. The summed E-state index contributed by atoms with van der Waals surface area (Å²) in [5.74, 6) is 0.641. The van der Waals surface area contributed by atoms with Crippen LogP contribution >= 0.6 is 0 Å². The Kier molecular flexibility index (Phi) is 6.51. The van der Waals surface area contributed by atoms with Gasteiger partial charge in [-0.15, -0.1) is 0 Å². The molecule has 1 saturated heterocycles. The number of nitrogens with zero attached hydrogens (tertiary/aromatic N) is 1. The van der Waals surface area contributed by atoms with Crippen molar-refractivity contribution in [1.29, 1.82) is 0 Å². The molecule has 1 aromatic carbocycles. The number of benzene rings is 1. The molecule has 31 heavy (non-hydrogen) atoms. The summed E-state index contributed by atoms with van der Waals surface area (Å²) in [6.07, 6.45) is 1.06. The van der Waals surface area contributed by atoms with Gasteiger partial charge in [-0.3, -0.25) is 0 Å². The first-order valence-electron chi connectivity index (χ1n) is 11.2. The lowest BCUT2D eigenvalue weighted by atomic mass is 10.1. The zero-order valence-corrected chi connectivity index (χ0v) is 21.3. The van der Waals surface area contributed by atoms with Crippen molar-refractivity contribution >= 4 is 14.4 Å². The van der Waals surface area contributed by atoms with Crippen LogP contribution in [0, 0.1) is 11.7 Å². The van der Waals surface area contributed by atoms with Gasteiger partial charge in [0.15, 0.2) is 8.32 Å². The predicted molar refractivity (Wildman–Crippen MR) is 123 cm³/mol. The fourth-order valence-corrected chi connectivity index (χ4v) is 4.74. The lowest BCUT2D eigenvalue weighted by molar-refractivity contribution is -0.0222. The molecule has 7 heteroatoms. The minimum absolute atomic E-state index is 0.135. The second-order valence-corrected chi connectivity index (χ2v) is 16.3. The molecule has 0 aromatic heterocycles. The number of ether oxygens (including phenoxy) is 2. The minimum atomic E-state index is -1.81. The SMILES string of the molecule is CC(C)(C)OC(=O)N1CC(Oc2cc(F)c3c(c2)CC(CO[Si](C)(C)C(C)(C)C)C3)C1. The van der Waals surface area contributed by atoms with Gasteiger partial charge in [0.2, 0.25) is 0 Å². The summed E-state index contributed by atoms with van der Waals surface area (Å²) in [4.78, 5) is 13.7. The number of fused-ring (bicyclic) bond motifs is 1. The highest BCUT2D eigenvalue weighted by molar-refractivity contribution is 6.74. The number of carbonyl (C=O) groups excluding carboxylic acids is 1. The molecule has 0 radical (unpaired) electrons. The van der Waals surface area contributed by atoms with Gasteiger partial charge < -0.3 is 18.8 Å². The van der Waals surface area contributed by atoms with Gasteiger partial charge >= 0.3 is 6.09 Å². The van der Waals surface area contributed by atoms with Crippen LogP contribution in [-0.4, -0.2) is 50.7 Å². The van der Waals surface area contributed by atoms with E-state index in [4.69, 9.17) is 13.9 Å². The van der Waals surface area contributed by atoms with E-state index < -0.39 is 13.9 Å². The van der Waals surface area contributed by atoms with Crippen molar-refractivity contribution in [3.8, 4) is 5.75 Å². The van der Waals surface area contributed by atoms with Crippen molar-refractivity contribution in [3.05, 3.63) is 29.1 Å². The molecule has 0 bridgehead atoms. The first kappa shape index (κ1) is 24.0. The standard InChI is InChI=1S/C24H38FNO4Si/c1-23(2,3)30-22(27)26-13-19(14-26)29-18-11-17-9-16(10-20(17)21(25)12-18)15-28-31(7,8)24(4,5)6/h11-12,16,19H,9-10,13-15H2,1-8H3. The number of hydrogen-bond acceptors (Lipinski definition) is 4. The molecule has 1 aliphatic carbocycles. The summed E-state index contributed by atoms with van der Waals surface area (Å²) in [6, 6.07) is 3.44. The number of amides is 1. The van der Waals surface area contributed by atoms with Crippen LogP contribution in [0.1, 0.15) is 52.7 Å². The van der Waals surface area contributed by atoms with Gasteiger partial charge in [-0.25, -0.2) is 9.18 Å². The average Bonchev–Trinajstić information content (AvgIpc) is 2.97. The largest absolute Gasteiger partial charge is 0.487 e. The highest BCUT2D eigenvalue weighted by Gasteiger charge is 2.39. The maximum atomic E-state index is 14.8. The van der Waals surface area contributed by atoms with Crippen molar-refractivity contribution in [2.75, 3.05) is 19.7 Å². The fraction of sp³-hybridized carbons (Fsp3) is 0.708. The monoisotopic (exact) mass is 451 g/mol. The Morgan fingerprint density at radius 1 is 1.13 bits per heavy atom. The smallest absolute Gasteiger partial charge is 0.410 e. The molecule has 2 aliphatic rings. The molecule has 0 spiro atoms. The van der Waals surface area contributed by atoms with Crippen LogP contribution in [0.3, 0.4) is 0 Å². The van der Waals surface area contributed by atoms with Gasteiger partial charge in [0.1, 0.15) is 23.3 Å². The molecule has 5 nitrogen and oxygen atoms in total. The normalized spacial score (nSPS) is 19.8. The zero-order chi connectivity index (χ0) is 23.2. The Morgan fingerprint density at radius 3 is 2.35 bits per heavy atom. The average molecular weight is 452 g/mol. The van der Waals surface area contributed by atoms with E-state index in [1.165, 1.54) is 6.07 Å². The highest BCUT2D eigenvalue weighted by Crippen LogP contribution is 2.38. The van der Waals surface area contributed by atoms with E-state index in [9.17, 15) is 9.18 Å². The molecule has 1 atom stereocenters. The number of halogens is 1. The van der Waals surface area contributed by atoms with Crippen LogP contribution in [0.5, 0.6) is 5.75 Å². The molecular formula is C24H38FNO4Si.